The first kappa shape index (κ1) is 13.9. The highest BCUT2D eigenvalue weighted by atomic mass is 16.5. The highest BCUT2D eigenvalue weighted by Gasteiger charge is 2.35. The summed E-state index contributed by atoms with van der Waals surface area (Å²) in [6.07, 6.45) is 2.68. The molecule has 0 radical (unpaired) electrons. The molecule has 0 aromatic heterocycles. The topological polar surface area (TPSA) is 49.9 Å². The van der Waals surface area contributed by atoms with E-state index < -0.39 is 0 Å². The minimum atomic E-state index is -0.349. The highest BCUT2D eigenvalue weighted by molar-refractivity contribution is 5.99. The molecule has 2 heterocycles. The quantitative estimate of drug-likeness (QED) is 0.796. The summed E-state index contributed by atoms with van der Waals surface area (Å²) < 4.78 is 4.75. The van der Waals surface area contributed by atoms with Gasteiger partial charge in [0.15, 0.2) is 0 Å². The summed E-state index contributed by atoms with van der Waals surface area (Å²) in [5.74, 6) is -0.663. The van der Waals surface area contributed by atoms with Crippen molar-refractivity contribution in [3.63, 3.8) is 0 Å². The minimum absolute atomic E-state index is 0.0102. The number of esters is 1. The number of carbonyl (C=O) groups is 2. The van der Waals surface area contributed by atoms with Crippen LogP contribution in [0.1, 0.15) is 19.3 Å². The molecular weight excluding hydrogens is 268 g/mol. The summed E-state index contributed by atoms with van der Waals surface area (Å²) >= 11 is 0. The molecule has 2 fully saturated rings. The third-order valence-corrected chi connectivity index (χ3v) is 4.27. The molecule has 0 spiro atoms. The van der Waals surface area contributed by atoms with E-state index in [1.54, 1.807) is 4.90 Å². The normalized spacial score (nSPS) is 22.0. The van der Waals surface area contributed by atoms with E-state index in [1.807, 2.05) is 18.2 Å². The SMILES string of the molecule is COC(=O)[C@H]1CC(=O)N(c2cccc(N3CCCC3)c2)C1. The van der Waals surface area contributed by atoms with Gasteiger partial charge in [-0.2, -0.15) is 0 Å². The third-order valence-electron chi connectivity index (χ3n) is 4.27. The van der Waals surface area contributed by atoms with Gasteiger partial charge in [-0.15, -0.1) is 0 Å². The lowest BCUT2D eigenvalue weighted by molar-refractivity contribution is -0.145. The molecule has 0 bridgehead atoms. The first-order chi connectivity index (χ1) is 10.2. The Hall–Kier alpha value is -2.04. The number of hydrogen-bond donors (Lipinski definition) is 0. The van der Waals surface area contributed by atoms with Crippen LogP contribution in [0, 0.1) is 5.92 Å². The number of nitrogens with zero attached hydrogens (tertiary/aromatic N) is 2. The Balaban J connectivity index is 1.79. The first-order valence-electron chi connectivity index (χ1n) is 7.42. The Labute approximate surface area is 124 Å². The summed E-state index contributed by atoms with van der Waals surface area (Å²) in [6, 6.07) is 8.02. The van der Waals surface area contributed by atoms with Gasteiger partial charge in [-0.25, -0.2) is 0 Å². The second kappa shape index (κ2) is 5.76. The number of benzene rings is 1. The van der Waals surface area contributed by atoms with Gasteiger partial charge in [0.2, 0.25) is 5.91 Å². The summed E-state index contributed by atoms with van der Waals surface area (Å²) in [4.78, 5) is 27.8. The van der Waals surface area contributed by atoms with Crippen molar-refractivity contribution in [2.24, 2.45) is 5.92 Å². The largest absolute Gasteiger partial charge is 0.469 e. The van der Waals surface area contributed by atoms with Crippen molar-refractivity contribution in [3.8, 4) is 0 Å². The Morgan fingerprint density at radius 3 is 2.67 bits per heavy atom. The van der Waals surface area contributed by atoms with Crippen molar-refractivity contribution >= 4 is 23.3 Å². The number of ether oxygens (including phenoxy) is 1. The van der Waals surface area contributed by atoms with Crippen LogP contribution in [0.2, 0.25) is 0 Å². The van der Waals surface area contributed by atoms with Gasteiger partial charge < -0.3 is 14.5 Å². The lowest BCUT2D eigenvalue weighted by Crippen LogP contribution is -2.26. The number of amides is 1. The van der Waals surface area contributed by atoms with Crippen LogP contribution in [0.15, 0.2) is 24.3 Å². The number of anilines is 2. The van der Waals surface area contributed by atoms with E-state index in [-0.39, 0.29) is 24.2 Å². The van der Waals surface area contributed by atoms with Crippen molar-refractivity contribution in [3.05, 3.63) is 24.3 Å². The molecule has 21 heavy (non-hydrogen) atoms. The molecule has 5 heteroatoms. The van der Waals surface area contributed by atoms with E-state index in [0.29, 0.717) is 6.54 Å². The Morgan fingerprint density at radius 1 is 1.24 bits per heavy atom. The van der Waals surface area contributed by atoms with Gasteiger partial charge in [0.1, 0.15) is 0 Å². The molecular formula is C16H20N2O3. The molecule has 112 valence electrons. The van der Waals surface area contributed by atoms with Crippen LogP contribution >= 0.6 is 0 Å². The van der Waals surface area contributed by atoms with Crippen LogP contribution in [0.5, 0.6) is 0 Å². The van der Waals surface area contributed by atoms with E-state index >= 15 is 0 Å². The molecule has 5 nitrogen and oxygen atoms in total. The fourth-order valence-corrected chi connectivity index (χ4v) is 3.11. The van der Waals surface area contributed by atoms with Crippen molar-refractivity contribution in [1.82, 2.24) is 0 Å². The van der Waals surface area contributed by atoms with Gasteiger partial charge >= 0.3 is 5.97 Å². The predicted octanol–water partition coefficient (Wildman–Crippen LogP) is 1.81. The molecule has 1 aromatic carbocycles. The molecule has 0 N–H and O–H groups in total. The van der Waals surface area contributed by atoms with Crippen LogP contribution in [-0.2, 0) is 14.3 Å². The van der Waals surface area contributed by atoms with Gasteiger partial charge in [0.25, 0.3) is 0 Å². The van der Waals surface area contributed by atoms with Gasteiger partial charge in [-0.05, 0) is 31.0 Å². The van der Waals surface area contributed by atoms with Crippen molar-refractivity contribution in [1.29, 1.82) is 0 Å². The van der Waals surface area contributed by atoms with E-state index in [9.17, 15) is 9.59 Å². The van der Waals surface area contributed by atoms with Crippen LogP contribution in [0.25, 0.3) is 0 Å². The zero-order valence-corrected chi connectivity index (χ0v) is 12.2. The third kappa shape index (κ3) is 2.73. The fourth-order valence-electron chi connectivity index (χ4n) is 3.11. The van der Waals surface area contributed by atoms with Gasteiger partial charge in [0, 0.05) is 37.4 Å². The van der Waals surface area contributed by atoms with Crippen LogP contribution < -0.4 is 9.80 Å². The Morgan fingerprint density at radius 2 is 1.95 bits per heavy atom. The summed E-state index contributed by atoms with van der Waals surface area (Å²) in [7, 11) is 1.36. The molecule has 3 rings (SSSR count). The second-order valence-electron chi connectivity index (χ2n) is 5.64. The summed E-state index contributed by atoms with van der Waals surface area (Å²) in [5, 5.41) is 0. The standard InChI is InChI=1S/C16H20N2O3/c1-21-16(20)12-9-15(19)18(11-12)14-6-4-5-13(10-14)17-7-2-3-8-17/h4-6,10,12H,2-3,7-9,11H2,1H3/t12-/m0/s1. The lowest BCUT2D eigenvalue weighted by Gasteiger charge is -2.21. The number of rotatable bonds is 3. The Kier molecular flexibility index (Phi) is 3.82. The molecule has 1 aromatic rings. The van der Waals surface area contributed by atoms with Gasteiger partial charge in [-0.3, -0.25) is 9.59 Å². The van der Waals surface area contributed by atoms with Gasteiger partial charge in [0.05, 0.1) is 13.0 Å². The molecule has 2 aliphatic rings. The fraction of sp³-hybridized carbons (Fsp3) is 0.500. The molecule has 2 aliphatic heterocycles. The molecule has 0 saturated carbocycles. The summed E-state index contributed by atoms with van der Waals surface area (Å²) in [6.45, 7) is 2.55. The minimum Gasteiger partial charge on any atom is -0.469 e. The maximum absolute atomic E-state index is 12.1. The van der Waals surface area contributed by atoms with E-state index in [4.69, 9.17) is 4.74 Å². The average molecular weight is 288 g/mol. The molecule has 0 unspecified atom stereocenters. The van der Waals surface area contributed by atoms with Gasteiger partial charge in [-0.1, -0.05) is 6.07 Å². The van der Waals surface area contributed by atoms with E-state index in [0.717, 1.165) is 24.5 Å². The molecule has 2 saturated heterocycles. The molecule has 1 amide bonds. The summed E-state index contributed by atoms with van der Waals surface area (Å²) in [5.41, 5.74) is 2.02. The van der Waals surface area contributed by atoms with Crippen molar-refractivity contribution in [2.45, 2.75) is 19.3 Å². The number of hydrogen-bond acceptors (Lipinski definition) is 4. The highest BCUT2D eigenvalue weighted by Crippen LogP contribution is 2.30. The van der Waals surface area contributed by atoms with E-state index in [1.165, 1.54) is 20.0 Å². The molecule has 0 aliphatic carbocycles. The van der Waals surface area contributed by atoms with Crippen LogP contribution in [-0.4, -0.2) is 38.6 Å². The van der Waals surface area contributed by atoms with Crippen molar-refractivity contribution < 1.29 is 14.3 Å². The zero-order chi connectivity index (χ0) is 14.8. The van der Waals surface area contributed by atoms with Crippen molar-refractivity contribution in [2.75, 3.05) is 36.5 Å². The number of methoxy groups -OCH3 is 1. The Bertz CT molecular complexity index is 552. The predicted molar refractivity (Wildman–Crippen MR) is 80.4 cm³/mol. The average Bonchev–Trinajstić information content (AvgIpc) is 3.16. The first-order valence-corrected chi connectivity index (χ1v) is 7.42. The maximum Gasteiger partial charge on any atom is 0.311 e. The smallest absolute Gasteiger partial charge is 0.311 e. The van der Waals surface area contributed by atoms with Crippen LogP contribution in [0.3, 0.4) is 0 Å². The number of carbonyl (C=O) groups excluding carboxylic acids is 2. The molecule has 1 atom stereocenters. The monoisotopic (exact) mass is 288 g/mol. The second-order valence-corrected chi connectivity index (χ2v) is 5.64. The maximum atomic E-state index is 12.1. The lowest BCUT2D eigenvalue weighted by atomic mass is 10.1. The zero-order valence-electron chi connectivity index (χ0n) is 12.2. The van der Waals surface area contributed by atoms with E-state index in [2.05, 4.69) is 11.0 Å². The van der Waals surface area contributed by atoms with Crippen LogP contribution in [0.4, 0.5) is 11.4 Å².